The number of aliphatic imine (C=N–C) groups is 1. The number of likely N-dealkylation sites (tertiary alicyclic amines) is 3. The molecule has 2 atom stereocenters. The van der Waals surface area contributed by atoms with Crippen LogP contribution in [0.3, 0.4) is 0 Å². The summed E-state index contributed by atoms with van der Waals surface area (Å²) in [6.45, 7) is 6.04. The summed E-state index contributed by atoms with van der Waals surface area (Å²) in [5.41, 5.74) is 1.21. The zero-order valence-electron chi connectivity index (χ0n) is 20.2. The third-order valence-electron chi connectivity index (χ3n) is 7.45. The number of benzene rings is 1. The smallest absolute Gasteiger partial charge is 0.247 e. The zero-order valence-corrected chi connectivity index (χ0v) is 20.2. The van der Waals surface area contributed by atoms with Crippen molar-refractivity contribution < 1.29 is 9.59 Å². The number of carbonyl (C=O) groups is 2. The van der Waals surface area contributed by atoms with Crippen molar-refractivity contribution in [2.45, 2.75) is 63.3 Å². The number of hydrogen-bond acceptors (Lipinski definition) is 4. The fraction of sp³-hybridized carbons (Fsp3) is 0.615. The van der Waals surface area contributed by atoms with Crippen LogP contribution in [-0.2, 0) is 15.0 Å². The van der Waals surface area contributed by atoms with Gasteiger partial charge in [0.25, 0.3) is 0 Å². The molecule has 8 heteroatoms. The summed E-state index contributed by atoms with van der Waals surface area (Å²) in [4.78, 5) is 36.5. The molecule has 1 aromatic rings. The highest BCUT2D eigenvalue weighted by atomic mass is 16.2. The highest BCUT2D eigenvalue weighted by molar-refractivity contribution is 5.91. The first kappa shape index (κ1) is 24.1. The van der Waals surface area contributed by atoms with E-state index in [0.29, 0.717) is 18.9 Å². The molecule has 3 aliphatic heterocycles. The maximum absolute atomic E-state index is 13.4. The molecule has 1 N–H and O–H groups in total. The second-order valence-electron chi connectivity index (χ2n) is 10.0. The molecule has 0 bridgehead atoms. The molecular weight excluding hydrogens is 428 g/mol. The molecule has 1 aromatic carbocycles. The van der Waals surface area contributed by atoms with Gasteiger partial charge < -0.3 is 14.7 Å². The first-order chi connectivity index (χ1) is 16.5. The van der Waals surface area contributed by atoms with Gasteiger partial charge >= 0.3 is 0 Å². The summed E-state index contributed by atoms with van der Waals surface area (Å²) in [6, 6.07) is 9.88. The van der Waals surface area contributed by atoms with Gasteiger partial charge in [0, 0.05) is 38.1 Å². The Balaban J connectivity index is 1.50. The van der Waals surface area contributed by atoms with Crippen LogP contribution in [0.1, 0.15) is 57.4 Å². The molecule has 0 radical (unpaired) electrons. The first-order valence-corrected chi connectivity index (χ1v) is 12.6. The van der Waals surface area contributed by atoms with Crippen molar-refractivity contribution >= 4 is 17.8 Å². The summed E-state index contributed by atoms with van der Waals surface area (Å²) in [5.74, 6) is 0.390. The van der Waals surface area contributed by atoms with Crippen LogP contribution in [0.5, 0.6) is 0 Å². The van der Waals surface area contributed by atoms with E-state index in [1.54, 1.807) is 4.90 Å². The van der Waals surface area contributed by atoms with E-state index < -0.39 is 6.04 Å². The molecule has 34 heavy (non-hydrogen) atoms. The summed E-state index contributed by atoms with van der Waals surface area (Å²) in [5, 5.41) is 12.2. The quantitative estimate of drug-likeness (QED) is 0.320. The van der Waals surface area contributed by atoms with Crippen molar-refractivity contribution in [2.75, 3.05) is 39.3 Å². The molecule has 4 rings (SSSR count). The Morgan fingerprint density at radius 2 is 1.79 bits per heavy atom. The molecular formula is C26H36N6O2. The molecule has 3 fully saturated rings. The Morgan fingerprint density at radius 3 is 2.53 bits per heavy atom. The third kappa shape index (κ3) is 5.52. The van der Waals surface area contributed by atoms with E-state index in [-0.39, 0.29) is 23.8 Å². The lowest BCUT2D eigenvalue weighted by atomic mass is 9.76. The highest BCUT2D eigenvalue weighted by Crippen LogP contribution is 2.33. The Bertz CT molecular complexity index is 936. The molecule has 3 heterocycles. The van der Waals surface area contributed by atoms with Gasteiger partial charge in [-0.1, -0.05) is 37.3 Å². The Labute approximate surface area is 202 Å². The lowest BCUT2D eigenvalue weighted by Crippen LogP contribution is -2.51. The molecule has 0 spiro atoms. The van der Waals surface area contributed by atoms with Crippen molar-refractivity contribution in [1.29, 1.82) is 5.26 Å². The van der Waals surface area contributed by atoms with E-state index in [9.17, 15) is 14.9 Å². The van der Waals surface area contributed by atoms with Gasteiger partial charge in [-0.2, -0.15) is 5.26 Å². The third-order valence-corrected chi connectivity index (χ3v) is 7.45. The van der Waals surface area contributed by atoms with Gasteiger partial charge in [-0.15, -0.1) is 0 Å². The summed E-state index contributed by atoms with van der Waals surface area (Å²) >= 11 is 0. The van der Waals surface area contributed by atoms with Gasteiger partial charge in [0.05, 0.1) is 6.54 Å². The molecule has 2 amide bonds. The number of piperidine rings is 1. The van der Waals surface area contributed by atoms with Crippen LogP contribution in [0.2, 0.25) is 0 Å². The highest BCUT2D eigenvalue weighted by Gasteiger charge is 2.35. The summed E-state index contributed by atoms with van der Waals surface area (Å²) in [6.07, 6.45) is 8.50. The fourth-order valence-electron chi connectivity index (χ4n) is 5.48. The number of rotatable bonds is 4. The van der Waals surface area contributed by atoms with Gasteiger partial charge in [-0.25, -0.2) is 4.99 Å². The summed E-state index contributed by atoms with van der Waals surface area (Å²) in [7, 11) is 0. The van der Waals surface area contributed by atoms with Crippen molar-refractivity contribution in [1.82, 2.24) is 20.0 Å². The van der Waals surface area contributed by atoms with Crippen molar-refractivity contribution in [3.8, 4) is 6.19 Å². The minimum absolute atomic E-state index is 0.0283. The van der Waals surface area contributed by atoms with Gasteiger partial charge in [-0.3, -0.25) is 14.9 Å². The molecule has 0 aliphatic carbocycles. The lowest BCUT2D eigenvalue weighted by molar-refractivity contribution is -0.140. The standard InChI is InChI=1S/C26H36N6O2/c1-26(21-10-3-2-4-11-21)13-9-17-32(19-26)25(28-20-27)29-22-12-5-6-16-31(24(22)34)18-23(33)30-14-7-8-15-30/h2-4,10-11,22H,5-9,12-19H2,1H3,(H,28,29). The average molecular weight is 465 g/mol. The van der Waals surface area contributed by atoms with Crippen LogP contribution in [0, 0.1) is 11.5 Å². The number of nitrogens with zero attached hydrogens (tertiary/aromatic N) is 5. The van der Waals surface area contributed by atoms with E-state index in [0.717, 1.165) is 64.7 Å². The molecule has 2 unspecified atom stereocenters. The van der Waals surface area contributed by atoms with Crippen molar-refractivity contribution in [3.63, 3.8) is 0 Å². The minimum atomic E-state index is -0.574. The SMILES string of the molecule is CC1(c2ccccc2)CCCN(C(=NC2CCCCN(CC(=O)N3CCCC3)C2=O)NC#N)C1. The number of carbonyl (C=O) groups excluding carboxylic acids is 2. The van der Waals surface area contributed by atoms with E-state index >= 15 is 0 Å². The van der Waals surface area contributed by atoms with Crippen molar-refractivity contribution in [3.05, 3.63) is 35.9 Å². The lowest BCUT2D eigenvalue weighted by Gasteiger charge is -2.42. The Morgan fingerprint density at radius 1 is 1.09 bits per heavy atom. The Kier molecular flexibility index (Phi) is 7.71. The summed E-state index contributed by atoms with van der Waals surface area (Å²) < 4.78 is 0. The molecule has 0 saturated carbocycles. The largest absolute Gasteiger partial charge is 0.341 e. The van der Waals surface area contributed by atoms with Crippen LogP contribution < -0.4 is 5.32 Å². The van der Waals surface area contributed by atoms with Crippen LogP contribution in [0.4, 0.5) is 0 Å². The predicted molar refractivity (Wildman–Crippen MR) is 131 cm³/mol. The molecule has 3 aliphatic rings. The predicted octanol–water partition coefficient (Wildman–Crippen LogP) is 2.47. The second-order valence-corrected chi connectivity index (χ2v) is 10.0. The second kappa shape index (κ2) is 10.9. The Hall–Kier alpha value is -3.08. The molecule has 3 saturated heterocycles. The van der Waals surface area contributed by atoms with E-state index in [4.69, 9.17) is 4.99 Å². The fourth-order valence-corrected chi connectivity index (χ4v) is 5.48. The van der Waals surface area contributed by atoms with Gasteiger partial charge in [0.1, 0.15) is 6.04 Å². The average Bonchev–Trinajstić information content (AvgIpc) is 3.34. The van der Waals surface area contributed by atoms with Gasteiger partial charge in [0.15, 0.2) is 6.19 Å². The monoisotopic (exact) mass is 464 g/mol. The van der Waals surface area contributed by atoms with E-state index in [1.807, 2.05) is 17.2 Å². The first-order valence-electron chi connectivity index (χ1n) is 12.6. The topological polar surface area (TPSA) is 92.0 Å². The molecule has 182 valence electrons. The van der Waals surface area contributed by atoms with E-state index in [2.05, 4.69) is 41.4 Å². The maximum atomic E-state index is 13.4. The van der Waals surface area contributed by atoms with Crippen LogP contribution in [-0.4, -0.2) is 77.8 Å². The molecule has 8 nitrogen and oxygen atoms in total. The van der Waals surface area contributed by atoms with Crippen LogP contribution in [0.25, 0.3) is 0 Å². The number of nitrogens with one attached hydrogen (secondary N) is 1. The van der Waals surface area contributed by atoms with Crippen molar-refractivity contribution in [2.24, 2.45) is 4.99 Å². The maximum Gasteiger partial charge on any atom is 0.247 e. The number of nitriles is 1. The number of hydrogen-bond donors (Lipinski definition) is 1. The normalized spacial score (nSPS) is 26.2. The zero-order chi connectivity index (χ0) is 24.0. The van der Waals surface area contributed by atoms with Gasteiger partial charge in [0.2, 0.25) is 17.8 Å². The number of amides is 2. The van der Waals surface area contributed by atoms with Crippen LogP contribution in [0.15, 0.2) is 35.3 Å². The molecule has 0 aromatic heterocycles. The van der Waals surface area contributed by atoms with Crippen LogP contribution >= 0.6 is 0 Å². The van der Waals surface area contributed by atoms with E-state index in [1.165, 1.54) is 5.56 Å². The number of guanidine groups is 1. The van der Waals surface area contributed by atoms with Gasteiger partial charge in [-0.05, 0) is 50.5 Å². The minimum Gasteiger partial charge on any atom is -0.341 e.